The highest BCUT2D eigenvalue weighted by Crippen LogP contribution is 2.26. The van der Waals surface area contributed by atoms with Crippen LogP contribution in [0.25, 0.3) is 0 Å². The van der Waals surface area contributed by atoms with Crippen molar-refractivity contribution in [3.63, 3.8) is 0 Å². The molecule has 30 heavy (non-hydrogen) atoms. The molecule has 0 aromatic heterocycles. The number of hydrogen-bond acceptors (Lipinski definition) is 4. The van der Waals surface area contributed by atoms with E-state index in [4.69, 9.17) is 27.9 Å². The first-order chi connectivity index (χ1) is 14.3. The van der Waals surface area contributed by atoms with Crippen LogP contribution in [0.3, 0.4) is 0 Å². The molecular weight excluding hydrogens is 447 g/mol. The molecule has 1 fully saturated rings. The van der Waals surface area contributed by atoms with E-state index in [9.17, 15) is 13.2 Å². The summed E-state index contributed by atoms with van der Waals surface area (Å²) in [6.45, 7) is 0.972. The van der Waals surface area contributed by atoms with E-state index in [1.54, 1.807) is 25.3 Å². The number of halogens is 2. The number of ether oxygens (including phenoxy) is 1. The topological polar surface area (TPSA) is 75.7 Å². The highest BCUT2D eigenvalue weighted by molar-refractivity contribution is 7.88. The van der Waals surface area contributed by atoms with Crippen molar-refractivity contribution in [3.05, 3.63) is 63.6 Å². The van der Waals surface area contributed by atoms with Crippen LogP contribution >= 0.6 is 23.2 Å². The maximum atomic E-state index is 12.9. The Morgan fingerprint density at radius 1 is 1.13 bits per heavy atom. The van der Waals surface area contributed by atoms with Gasteiger partial charge in [-0.05, 0) is 48.2 Å². The van der Waals surface area contributed by atoms with Gasteiger partial charge < -0.3 is 10.1 Å². The quantitative estimate of drug-likeness (QED) is 0.666. The average Bonchev–Trinajstić information content (AvgIpc) is 2.75. The van der Waals surface area contributed by atoms with Crippen molar-refractivity contribution >= 4 is 39.1 Å². The molecule has 3 rings (SSSR count). The van der Waals surface area contributed by atoms with Crippen LogP contribution in [0.1, 0.15) is 24.0 Å². The molecule has 1 aliphatic rings. The molecule has 9 heteroatoms. The molecule has 1 atom stereocenters. The summed E-state index contributed by atoms with van der Waals surface area (Å²) in [5.74, 6) is 0.0605. The molecule has 2 aromatic carbocycles. The predicted octanol–water partition coefficient (Wildman–Crippen LogP) is 3.86. The van der Waals surface area contributed by atoms with Gasteiger partial charge in [0.25, 0.3) is 0 Å². The lowest BCUT2D eigenvalue weighted by Crippen LogP contribution is -2.45. The van der Waals surface area contributed by atoms with Crippen molar-refractivity contribution in [3.8, 4) is 5.75 Å². The number of benzene rings is 2. The molecule has 0 bridgehead atoms. The Hall–Kier alpha value is -1.80. The Balaban J connectivity index is 1.58. The summed E-state index contributed by atoms with van der Waals surface area (Å²) in [6.07, 6.45) is 1.30. The largest absolute Gasteiger partial charge is 0.497 e. The monoisotopic (exact) mass is 470 g/mol. The number of carbonyl (C=O) groups excluding carboxylic acids is 1. The molecule has 1 amide bonds. The zero-order valence-electron chi connectivity index (χ0n) is 16.6. The number of carbonyl (C=O) groups is 1. The molecular formula is C21H24Cl2N2O4S. The van der Waals surface area contributed by atoms with E-state index in [0.29, 0.717) is 41.5 Å². The second-order valence-corrected chi connectivity index (χ2v) is 10.1. The SMILES string of the molecule is COc1ccc(CNC(=O)[C@H]2CCCN(S(=O)(=O)Cc3ccc(Cl)c(Cl)c3)C2)cc1. The van der Waals surface area contributed by atoms with E-state index >= 15 is 0 Å². The minimum Gasteiger partial charge on any atom is -0.497 e. The minimum absolute atomic E-state index is 0.139. The number of rotatable bonds is 7. The molecule has 0 saturated carbocycles. The van der Waals surface area contributed by atoms with Gasteiger partial charge in [-0.1, -0.05) is 41.4 Å². The van der Waals surface area contributed by atoms with Gasteiger partial charge in [-0.2, -0.15) is 0 Å². The fraction of sp³-hybridized carbons (Fsp3) is 0.381. The lowest BCUT2D eigenvalue weighted by Gasteiger charge is -2.31. The fourth-order valence-electron chi connectivity index (χ4n) is 3.42. The van der Waals surface area contributed by atoms with Gasteiger partial charge in [0.2, 0.25) is 15.9 Å². The molecule has 1 aliphatic heterocycles. The van der Waals surface area contributed by atoms with Crippen LogP contribution in [0.5, 0.6) is 5.75 Å². The van der Waals surface area contributed by atoms with Crippen molar-refractivity contribution in [2.75, 3.05) is 20.2 Å². The number of hydrogen-bond donors (Lipinski definition) is 1. The molecule has 0 spiro atoms. The highest BCUT2D eigenvalue weighted by Gasteiger charge is 2.32. The Morgan fingerprint density at radius 3 is 2.50 bits per heavy atom. The number of methoxy groups -OCH3 is 1. The lowest BCUT2D eigenvalue weighted by molar-refractivity contribution is -0.126. The van der Waals surface area contributed by atoms with Crippen molar-refractivity contribution < 1.29 is 17.9 Å². The second kappa shape index (κ2) is 10.0. The third kappa shape index (κ3) is 5.88. The van der Waals surface area contributed by atoms with Gasteiger partial charge in [-0.3, -0.25) is 4.79 Å². The van der Waals surface area contributed by atoms with Crippen LogP contribution in [0, 0.1) is 5.92 Å². The maximum absolute atomic E-state index is 12.9. The third-order valence-electron chi connectivity index (χ3n) is 5.11. The molecule has 2 aromatic rings. The molecule has 0 radical (unpaired) electrons. The number of amides is 1. The molecule has 6 nitrogen and oxygen atoms in total. The van der Waals surface area contributed by atoms with Gasteiger partial charge in [0.15, 0.2) is 0 Å². The van der Waals surface area contributed by atoms with Crippen molar-refractivity contribution in [2.24, 2.45) is 5.92 Å². The summed E-state index contributed by atoms with van der Waals surface area (Å²) >= 11 is 11.9. The standard InChI is InChI=1S/C21H24Cl2N2O4S/c1-29-18-7-4-15(5-8-18)12-24-21(26)17-3-2-10-25(13-17)30(27,28)14-16-6-9-19(22)20(23)11-16/h4-9,11,17H,2-3,10,12-14H2,1H3,(H,24,26)/t17-/m0/s1. The molecule has 0 aliphatic carbocycles. The minimum atomic E-state index is -3.57. The smallest absolute Gasteiger partial charge is 0.224 e. The molecule has 162 valence electrons. The number of sulfonamides is 1. The summed E-state index contributed by atoms with van der Waals surface area (Å²) in [7, 11) is -1.97. The summed E-state index contributed by atoms with van der Waals surface area (Å²) in [5, 5.41) is 3.61. The summed E-state index contributed by atoms with van der Waals surface area (Å²) < 4.78 is 32.3. The Labute approximate surface area is 187 Å². The maximum Gasteiger partial charge on any atom is 0.224 e. The first-order valence-electron chi connectivity index (χ1n) is 9.61. The van der Waals surface area contributed by atoms with Gasteiger partial charge in [0.05, 0.1) is 28.8 Å². The van der Waals surface area contributed by atoms with Gasteiger partial charge in [-0.15, -0.1) is 0 Å². The predicted molar refractivity (Wildman–Crippen MR) is 118 cm³/mol. The molecule has 1 N–H and O–H groups in total. The zero-order valence-corrected chi connectivity index (χ0v) is 18.9. The summed E-state index contributed by atoms with van der Waals surface area (Å²) in [6, 6.07) is 12.2. The number of nitrogens with one attached hydrogen (secondary N) is 1. The van der Waals surface area contributed by atoms with Crippen molar-refractivity contribution in [2.45, 2.75) is 25.1 Å². The van der Waals surface area contributed by atoms with Gasteiger partial charge in [0, 0.05) is 19.6 Å². The number of piperidine rings is 1. The Bertz CT molecular complexity index is 997. The van der Waals surface area contributed by atoms with E-state index in [1.807, 2.05) is 24.3 Å². The van der Waals surface area contributed by atoms with Crippen LogP contribution in [0.4, 0.5) is 0 Å². The molecule has 1 saturated heterocycles. The van der Waals surface area contributed by atoms with Gasteiger partial charge >= 0.3 is 0 Å². The van der Waals surface area contributed by atoms with E-state index in [2.05, 4.69) is 5.32 Å². The number of nitrogens with zero attached hydrogens (tertiary/aromatic N) is 1. The van der Waals surface area contributed by atoms with Gasteiger partial charge in [0.1, 0.15) is 5.75 Å². The zero-order chi connectivity index (χ0) is 21.7. The van der Waals surface area contributed by atoms with Crippen LogP contribution in [-0.4, -0.2) is 38.8 Å². The summed E-state index contributed by atoms with van der Waals surface area (Å²) in [4.78, 5) is 12.6. The summed E-state index contributed by atoms with van der Waals surface area (Å²) in [5.41, 5.74) is 1.51. The highest BCUT2D eigenvalue weighted by atomic mass is 35.5. The fourth-order valence-corrected chi connectivity index (χ4v) is 5.34. The van der Waals surface area contributed by atoms with Crippen LogP contribution < -0.4 is 10.1 Å². The van der Waals surface area contributed by atoms with Crippen molar-refractivity contribution in [1.29, 1.82) is 0 Å². The first-order valence-corrected chi connectivity index (χ1v) is 12.0. The third-order valence-corrected chi connectivity index (χ3v) is 7.66. The average molecular weight is 471 g/mol. The Kier molecular flexibility index (Phi) is 7.63. The van der Waals surface area contributed by atoms with Gasteiger partial charge in [-0.25, -0.2) is 12.7 Å². The molecule has 0 unspecified atom stereocenters. The normalized spacial score (nSPS) is 17.5. The first kappa shape index (κ1) is 22.9. The lowest BCUT2D eigenvalue weighted by atomic mass is 9.99. The van der Waals surface area contributed by atoms with Crippen LogP contribution in [0.2, 0.25) is 10.0 Å². The van der Waals surface area contributed by atoms with E-state index in [-0.39, 0.29) is 24.1 Å². The second-order valence-electron chi connectivity index (χ2n) is 7.27. The van der Waals surface area contributed by atoms with E-state index in [1.165, 1.54) is 4.31 Å². The van der Waals surface area contributed by atoms with Crippen LogP contribution in [-0.2, 0) is 27.1 Å². The molecule has 1 heterocycles. The van der Waals surface area contributed by atoms with Crippen molar-refractivity contribution in [1.82, 2.24) is 9.62 Å². The van der Waals surface area contributed by atoms with E-state index in [0.717, 1.165) is 11.3 Å². The van der Waals surface area contributed by atoms with E-state index < -0.39 is 10.0 Å². The van der Waals surface area contributed by atoms with Crippen LogP contribution in [0.15, 0.2) is 42.5 Å². The Morgan fingerprint density at radius 2 is 1.83 bits per heavy atom.